The van der Waals surface area contributed by atoms with Crippen LogP contribution in [0.15, 0.2) is 52.0 Å². The van der Waals surface area contributed by atoms with Gasteiger partial charge < -0.3 is 14.8 Å². The Hall–Kier alpha value is -3.20. The summed E-state index contributed by atoms with van der Waals surface area (Å²) in [5, 5.41) is 6.49. The molecule has 2 aromatic rings. The minimum atomic E-state index is -0.538. The number of rotatable bonds is 9. The number of carbonyl (C=O) groups is 3. The van der Waals surface area contributed by atoms with E-state index in [1.807, 2.05) is 19.1 Å². The van der Waals surface area contributed by atoms with E-state index in [1.165, 1.54) is 6.21 Å². The van der Waals surface area contributed by atoms with Crippen molar-refractivity contribution in [3.8, 4) is 5.75 Å². The number of halogens is 1. The number of ether oxygens (including phenoxy) is 2. The van der Waals surface area contributed by atoms with Gasteiger partial charge in [0.2, 0.25) is 11.8 Å². The number of benzene rings is 2. The van der Waals surface area contributed by atoms with Crippen LogP contribution < -0.4 is 15.5 Å². The second-order valence-electron chi connectivity index (χ2n) is 6.17. The molecule has 0 radical (unpaired) electrons. The molecule has 0 unspecified atom stereocenters. The lowest BCUT2D eigenvalue weighted by Gasteiger charge is -2.08. The Bertz CT molecular complexity index is 929. The van der Waals surface area contributed by atoms with Crippen molar-refractivity contribution in [3.63, 3.8) is 0 Å². The van der Waals surface area contributed by atoms with Gasteiger partial charge in [-0.3, -0.25) is 9.59 Å². The van der Waals surface area contributed by atoms with Gasteiger partial charge in [0, 0.05) is 5.69 Å². The standard InChI is InChI=1S/C21H22BrN3O5/c1-3-29-21(28)13-30-18-9-6-15(10-17(18)22)12-23-25-20(27)11-19(26)24-16-7-4-14(2)5-8-16/h4-10,12H,3,11,13H2,1-2H3,(H,24,26)(H,25,27). The van der Waals surface area contributed by atoms with E-state index in [-0.39, 0.29) is 19.6 Å². The summed E-state index contributed by atoms with van der Waals surface area (Å²) in [4.78, 5) is 35.1. The minimum Gasteiger partial charge on any atom is -0.481 e. The predicted molar refractivity (Wildman–Crippen MR) is 116 cm³/mol. The summed E-state index contributed by atoms with van der Waals surface area (Å²) >= 11 is 3.35. The summed E-state index contributed by atoms with van der Waals surface area (Å²) < 4.78 is 10.8. The molecule has 2 aromatic carbocycles. The molecule has 158 valence electrons. The van der Waals surface area contributed by atoms with Gasteiger partial charge in [0.1, 0.15) is 12.2 Å². The molecule has 30 heavy (non-hydrogen) atoms. The smallest absolute Gasteiger partial charge is 0.344 e. The van der Waals surface area contributed by atoms with E-state index in [4.69, 9.17) is 9.47 Å². The van der Waals surface area contributed by atoms with Crippen molar-refractivity contribution in [2.45, 2.75) is 20.3 Å². The van der Waals surface area contributed by atoms with Crippen molar-refractivity contribution in [1.82, 2.24) is 5.43 Å². The monoisotopic (exact) mass is 475 g/mol. The van der Waals surface area contributed by atoms with Crippen molar-refractivity contribution < 1.29 is 23.9 Å². The summed E-state index contributed by atoms with van der Waals surface area (Å²) in [6.07, 6.45) is 1.07. The molecule has 0 atom stereocenters. The fourth-order valence-corrected chi connectivity index (χ4v) is 2.77. The lowest BCUT2D eigenvalue weighted by Crippen LogP contribution is -2.24. The number of amides is 2. The van der Waals surface area contributed by atoms with Crippen molar-refractivity contribution in [2.24, 2.45) is 5.10 Å². The topological polar surface area (TPSA) is 106 Å². The maximum atomic E-state index is 11.9. The van der Waals surface area contributed by atoms with Crippen LogP contribution in [0, 0.1) is 6.92 Å². The van der Waals surface area contributed by atoms with Crippen LogP contribution >= 0.6 is 15.9 Å². The molecule has 0 aliphatic rings. The van der Waals surface area contributed by atoms with E-state index in [9.17, 15) is 14.4 Å². The van der Waals surface area contributed by atoms with Gasteiger partial charge in [-0.1, -0.05) is 17.7 Å². The number of aryl methyl sites for hydroxylation is 1. The maximum Gasteiger partial charge on any atom is 0.344 e. The molecule has 0 aromatic heterocycles. The zero-order chi connectivity index (χ0) is 21.9. The van der Waals surface area contributed by atoms with Crippen molar-refractivity contribution in [1.29, 1.82) is 0 Å². The van der Waals surface area contributed by atoms with Gasteiger partial charge >= 0.3 is 5.97 Å². The first-order valence-corrected chi connectivity index (χ1v) is 9.93. The van der Waals surface area contributed by atoms with Crippen LogP contribution in [-0.4, -0.2) is 37.2 Å². The normalized spacial score (nSPS) is 10.5. The van der Waals surface area contributed by atoms with E-state index in [1.54, 1.807) is 37.3 Å². The van der Waals surface area contributed by atoms with E-state index in [0.717, 1.165) is 5.56 Å². The zero-order valence-corrected chi connectivity index (χ0v) is 18.2. The predicted octanol–water partition coefficient (Wildman–Crippen LogP) is 3.18. The fourth-order valence-electron chi connectivity index (χ4n) is 2.26. The minimum absolute atomic E-state index is 0.194. The molecule has 0 saturated carbocycles. The molecule has 9 heteroatoms. The Balaban J connectivity index is 1.80. The second kappa shape index (κ2) is 11.7. The summed E-state index contributed by atoms with van der Waals surface area (Å²) in [6, 6.07) is 12.3. The molecular weight excluding hydrogens is 454 g/mol. The van der Waals surface area contributed by atoms with Crippen LogP contribution in [0.1, 0.15) is 24.5 Å². The number of esters is 1. The molecule has 2 rings (SSSR count). The number of hydrogen-bond donors (Lipinski definition) is 2. The SMILES string of the molecule is CCOC(=O)COc1ccc(C=NNC(=O)CC(=O)Nc2ccc(C)cc2)cc1Br. The van der Waals surface area contributed by atoms with Crippen LogP contribution in [0.5, 0.6) is 5.75 Å². The summed E-state index contributed by atoms with van der Waals surface area (Å²) in [6.45, 7) is 3.76. The highest BCUT2D eigenvalue weighted by atomic mass is 79.9. The average molecular weight is 476 g/mol. The second-order valence-corrected chi connectivity index (χ2v) is 7.02. The maximum absolute atomic E-state index is 11.9. The van der Waals surface area contributed by atoms with E-state index >= 15 is 0 Å². The van der Waals surface area contributed by atoms with Crippen LogP contribution in [0.25, 0.3) is 0 Å². The average Bonchev–Trinajstić information content (AvgIpc) is 2.69. The third-order valence-corrected chi connectivity index (χ3v) is 4.29. The van der Waals surface area contributed by atoms with Crippen LogP contribution in [0.2, 0.25) is 0 Å². The fraction of sp³-hybridized carbons (Fsp3) is 0.238. The highest BCUT2D eigenvalue weighted by Crippen LogP contribution is 2.25. The first-order valence-electron chi connectivity index (χ1n) is 9.13. The molecule has 0 saturated heterocycles. The molecule has 0 bridgehead atoms. The molecule has 2 N–H and O–H groups in total. The lowest BCUT2D eigenvalue weighted by molar-refractivity contribution is -0.145. The molecule has 2 amide bonds. The summed E-state index contributed by atoms with van der Waals surface area (Å²) in [7, 11) is 0. The molecule has 0 aliphatic heterocycles. The number of nitrogens with zero attached hydrogens (tertiary/aromatic N) is 1. The van der Waals surface area contributed by atoms with Gasteiger partial charge in [0.05, 0.1) is 17.3 Å². The van der Waals surface area contributed by atoms with Gasteiger partial charge in [-0.2, -0.15) is 5.10 Å². The molecule has 8 nitrogen and oxygen atoms in total. The van der Waals surface area contributed by atoms with Crippen molar-refractivity contribution >= 4 is 45.6 Å². The van der Waals surface area contributed by atoms with E-state index < -0.39 is 17.8 Å². The van der Waals surface area contributed by atoms with Crippen LogP contribution in [-0.2, 0) is 19.1 Å². The number of carbonyl (C=O) groups excluding carboxylic acids is 3. The van der Waals surface area contributed by atoms with E-state index in [2.05, 4.69) is 31.8 Å². The van der Waals surface area contributed by atoms with Crippen molar-refractivity contribution in [3.05, 3.63) is 58.1 Å². The number of hydrogen-bond acceptors (Lipinski definition) is 6. The van der Waals surface area contributed by atoms with Gasteiger partial charge in [-0.25, -0.2) is 10.2 Å². The lowest BCUT2D eigenvalue weighted by atomic mass is 10.2. The molecular formula is C21H22BrN3O5. The van der Waals surface area contributed by atoms with Gasteiger partial charge in [0.25, 0.3) is 0 Å². The Morgan fingerprint density at radius 2 is 1.83 bits per heavy atom. The quantitative estimate of drug-likeness (QED) is 0.250. The van der Waals surface area contributed by atoms with Gasteiger partial charge in [-0.05, 0) is 65.7 Å². The Kier molecular flexibility index (Phi) is 9.02. The third kappa shape index (κ3) is 8.04. The summed E-state index contributed by atoms with van der Waals surface area (Å²) in [5.41, 5.74) is 4.68. The number of anilines is 1. The first kappa shape index (κ1) is 23.1. The summed E-state index contributed by atoms with van der Waals surface area (Å²) in [5.74, 6) is -0.956. The highest BCUT2D eigenvalue weighted by Gasteiger charge is 2.09. The van der Waals surface area contributed by atoms with Crippen LogP contribution in [0.4, 0.5) is 5.69 Å². The Morgan fingerprint density at radius 1 is 1.10 bits per heavy atom. The molecule has 0 aliphatic carbocycles. The number of nitrogens with one attached hydrogen (secondary N) is 2. The van der Waals surface area contributed by atoms with Gasteiger partial charge in [0.15, 0.2) is 6.61 Å². The van der Waals surface area contributed by atoms with E-state index in [0.29, 0.717) is 21.5 Å². The molecule has 0 spiro atoms. The first-order chi connectivity index (χ1) is 14.4. The highest BCUT2D eigenvalue weighted by molar-refractivity contribution is 9.10. The Labute approximate surface area is 182 Å². The van der Waals surface area contributed by atoms with Crippen molar-refractivity contribution in [2.75, 3.05) is 18.5 Å². The molecule has 0 heterocycles. The van der Waals surface area contributed by atoms with Gasteiger partial charge in [-0.15, -0.1) is 0 Å². The Morgan fingerprint density at radius 3 is 2.50 bits per heavy atom. The largest absolute Gasteiger partial charge is 0.481 e. The zero-order valence-electron chi connectivity index (χ0n) is 16.6. The van der Waals surface area contributed by atoms with Crippen LogP contribution in [0.3, 0.4) is 0 Å². The number of hydrazone groups is 1. The third-order valence-electron chi connectivity index (χ3n) is 3.67. The molecule has 0 fully saturated rings.